The molecule has 0 bridgehead atoms. The number of nitrogens with two attached hydrogens (primary N) is 1. The van der Waals surface area contributed by atoms with E-state index in [1.54, 1.807) is 63.2 Å². The van der Waals surface area contributed by atoms with Crippen molar-refractivity contribution in [1.29, 1.82) is 0 Å². The molecule has 2 aromatic carbocycles. The molecule has 0 aliphatic rings. The molecular formula is C23H25N5O4. The van der Waals surface area contributed by atoms with E-state index in [2.05, 4.69) is 16.0 Å². The van der Waals surface area contributed by atoms with Gasteiger partial charge in [-0.2, -0.15) is 5.10 Å². The highest BCUT2D eigenvalue weighted by Crippen LogP contribution is 2.23. The van der Waals surface area contributed by atoms with Crippen molar-refractivity contribution in [2.45, 2.75) is 33.3 Å². The maximum atomic E-state index is 12.8. The van der Waals surface area contributed by atoms with Crippen LogP contribution in [0.25, 0.3) is 5.69 Å². The zero-order chi connectivity index (χ0) is 23.5. The van der Waals surface area contributed by atoms with Crippen molar-refractivity contribution < 1.29 is 19.1 Å². The van der Waals surface area contributed by atoms with Crippen molar-refractivity contribution >= 4 is 23.6 Å². The summed E-state index contributed by atoms with van der Waals surface area (Å²) in [5.41, 5.74) is 12.4. The van der Waals surface area contributed by atoms with E-state index in [9.17, 15) is 14.4 Å². The van der Waals surface area contributed by atoms with Crippen LogP contribution in [0.15, 0.2) is 54.7 Å². The van der Waals surface area contributed by atoms with Crippen LogP contribution >= 0.6 is 0 Å². The molecule has 2 amide bonds. The zero-order valence-corrected chi connectivity index (χ0v) is 18.3. The van der Waals surface area contributed by atoms with Crippen LogP contribution in [0, 0.1) is 6.92 Å². The summed E-state index contributed by atoms with van der Waals surface area (Å²) in [6.45, 7) is 6.97. The van der Waals surface area contributed by atoms with Gasteiger partial charge in [-0.25, -0.2) is 14.9 Å². The van der Waals surface area contributed by atoms with Crippen LogP contribution in [0.1, 0.15) is 52.6 Å². The first-order valence-corrected chi connectivity index (χ1v) is 9.90. The van der Waals surface area contributed by atoms with Crippen LogP contribution in [0.2, 0.25) is 0 Å². The van der Waals surface area contributed by atoms with E-state index in [-0.39, 0.29) is 22.7 Å². The zero-order valence-electron chi connectivity index (χ0n) is 18.3. The summed E-state index contributed by atoms with van der Waals surface area (Å²) in [4.78, 5) is 37.0. The number of amides is 2. The van der Waals surface area contributed by atoms with Gasteiger partial charge in [0, 0.05) is 11.1 Å². The quantitative estimate of drug-likeness (QED) is 0.427. The van der Waals surface area contributed by atoms with Gasteiger partial charge < -0.3 is 10.5 Å². The molecule has 1 heterocycles. The van der Waals surface area contributed by atoms with Crippen LogP contribution < -0.4 is 16.6 Å². The Hall–Kier alpha value is -4.14. The molecule has 0 saturated carbocycles. The highest BCUT2D eigenvalue weighted by atomic mass is 16.6. The first-order valence-electron chi connectivity index (χ1n) is 9.90. The lowest BCUT2D eigenvalue weighted by Crippen LogP contribution is -2.44. The van der Waals surface area contributed by atoms with Crippen LogP contribution in [-0.2, 0) is 4.74 Å². The SMILES string of the molecule is Cc1ccc(C(=O)NNC(=O)OC(C)(C)C)cc1-n1ncc(C(=O)c2ccccc2)c1N. The van der Waals surface area contributed by atoms with Crippen molar-refractivity contribution in [3.63, 3.8) is 0 Å². The number of hydrazine groups is 1. The molecule has 3 rings (SSSR count). The lowest BCUT2D eigenvalue weighted by Gasteiger charge is -2.19. The molecule has 4 N–H and O–H groups in total. The fourth-order valence-corrected chi connectivity index (χ4v) is 2.93. The summed E-state index contributed by atoms with van der Waals surface area (Å²) < 4.78 is 6.49. The molecule has 0 aliphatic carbocycles. The van der Waals surface area contributed by atoms with Gasteiger partial charge >= 0.3 is 6.09 Å². The van der Waals surface area contributed by atoms with Gasteiger partial charge in [-0.3, -0.25) is 15.0 Å². The number of ketones is 1. The average Bonchev–Trinajstić information content (AvgIpc) is 3.12. The molecule has 0 radical (unpaired) electrons. The first kappa shape index (κ1) is 22.5. The van der Waals surface area contributed by atoms with Crippen molar-refractivity contribution in [2.75, 3.05) is 5.73 Å². The van der Waals surface area contributed by atoms with E-state index >= 15 is 0 Å². The number of hydrogen-bond acceptors (Lipinski definition) is 6. The minimum Gasteiger partial charge on any atom is -0.443 e. The minimum atomic E-state index is -0.779. The second-order valence-corrected chi connectivity index (χ2v) is 8.13. The highest BCUT2D eigenvalue weighted by Gasteiger charge is 2.20. The topological polar surface area (TPSA) is 128 Å². The molecule has 3 aromatic rings. The maximum Gasteiger partial charge on any atom is 0.426 e. The minimum absolute atomic E-state index is 0.159. The van der Waals surface area contributed by atoms with E-state index in [0.29, 0.717) is 11.3 Å². The first-order chi connectivity index (χ1) is 15.1. The molecule has 0 atom stereocenters. The molecule has 32 heavy (non-hydrogen) atoms. The number of aromatic nitrogens is 2. The van der Waals surface area contributed by atoms with Gasteiger partial charge in [0.15, 0.2) is 5.78 Å². The Morgan fingerprint density at radius 1 is 1.00 bits per heavy atom. The third-order valence-electron chi connectivity index (χ3n) is 4.46. The summed E-state index contributed by atoms with van der Waals surface area (Å²) in [5.74, 6) is -0.641. The Morgan fingerprint density at radius 2 is 1.69 bits per heavy atom. The fourth-order valence-electron chi connectivity index (χ4n) is 2.93. The molecule has 9 nitrogen and oxygen atoms in total. The van der Waals surface area contributed by atoms with E-state index in [1.165, 1.54) is 10.9 Å². The molecule has 1 aromatic heterocycles. The molecular weight excluding hydrogens is 410 g/mol. The van der Waals surface area contributed by atoms with E-state index in [1.807, 2.05) is 13.0 Å². The molecule has 166 valence electrons. The molecule has 0 spiro atoms. The standard InChI is InChI=1S/C23H25N5O4/c1-14-10-11-16(21(30)26-27-22(31)32-23(2,3)4)12-18(14)28-20(24)17(13-25-28)19(29)15-8-6-5-7-9-15/h5-13H,24H2,1-4H3,(H,26,30)(H,27,31). The van der Waals surface area contributed by atoms with Crippen molar-refractivity contribution in [3.8, 4) is 5.69 Å². The van der Waals surface area contributed by atoms with Gasteiger partial charge in [-0.1, -0.05) is 36.4 Å². The maximum absolute atomic E-state index is 12.8. The monoisotopic (exact) mass is 435 g/mol. The number of nitrogen functional groups attached to an aromatic ring is 1. The Morgan fingerprint density at radius 3 is 2.34 bits per heavy atom. The smallest absolute Gasteiger partial charge is 0.426 e. The molecule has 0 fully saturated rings. The van der Waals surface area contributed by atoms with Crippen molar-refractivity contribution in [2.24, 2.45) is 0 Å². The number of benzene rings is 2. The van der Waals surface area contributed by atoms with Gasteiger partial charge in [-0.05, 0) is 45.4 Å². The summed E-state index contributed by atoms with van der Waals surface area (Å²) in [7, 11) is 0. The third kappa shape index (κ3) is 5.12. The number of nitrogens with zero attached hydrogens (tertiary/aromatic N) is 2. The predicted molar refractivity (Wildman–Crippen MR) is 119 cm³/mol. The lowest BCUT2D eigenvalue weighted by atomic mass is 10.1. The number of aryl methyl sites for hydroxylation is 1. The van der Waals surface area contributed by atoms with Gasteiger partial charge in [0.25, 0.3) is 5.91 Å². The molecule has 0 unspecified atom stereocenters. The van der Waals surface area contributed by atoms with Gasteiger partial charge in [-0.15, -0.1) is 0 Å². The number of rotatable bonds is 4. The van der Waals surface area contributed by atoms with E-state index in [0.717, 1.165) is 5.56 Å². The average molecular weight is 435 g/mol. The normalized spacial score (nSPS) is 11.0. The summed E-state index contributed by atoms with van der Waals surface area (Å²) in [5, 5.41) is 4.26. The largest absolute Gasteiger partial charge is 0.443 e. The lowest BCUT2D eigenvalue weighted by molar-refractivity contribution is 0.0483. The summed E-state index contributed by atoms with van der Waals surface area (Å²) >= 11 is 0. The van der Waals surface area contributed by atoms with Crippen LogP contribution in [0.5, 0.6) is 0 Å². The van der Waals surface area contributed by atoms with Gasteiger partial charge in [0.1, 0.15) is 11.4 Å². The van der Waals surface area contributed by atoms with Gasteiger partial charge in [0.05, 0.1) is 17.4 Å². The van der Waals surface area contributed by atoms with E-state index < -0.39 is 17.6 Å². The third-order valence-corrected chi connectivity index (χ3v) is 4.46. The number of carbonyl (C=O) groups excluding carboxylic acids is 3. The predicted octanol–water partition coefficient (Wildman–Crippen LogP) is 3.16. The second kappa shape index (κ2) is 8.93. The second-order valence-electron chi connectivity index (χ2n) is 8.13. The van der Waals surface area contributed by atoms with Gasteiger partial charge in [0.2, 0.25) is 0 Å². The Balaban J connectivity index is 1.82. The number of nitrogens with one attached hydrogen (secondary N) is 2. The van der Waals surface area contributed by atoms with Crippen LogP contribution in [0.3, 0.4) is 0 Å². The number of carbonyl (C=O) groups is 3. The summed E-state index contributed by atoms with van der Waals surface area (Å²) in [6.07, 6.45) is 0.625. The molecule has 0 aliphatic heterocycles. The van der Waals surface area contributed by atoms with Crippen LogP contribution in [0.4, 0.5) is 10.6 Å². The van der Waals surface area contributed by atoms with Crippen molar-refractivity contribution in [1.82, 2.24) is 20.6 Å². The highest BCUT2D eigenvalue weighted by molar-refractivity contribution is 6.11. The number of ether oxygens (including phenoxy) is 1. The Labute approximate surface area is 185 Å². The van der Waals surface area contributed by atoms with Crippen molar-refractivity contribution in [3.05, 3.63) is 77.0 Å². The molecule has 9 heteroatoms. The Kier molecular flexibility index (Phi) is 6.29. The summed E-state index contributed by atoms with van der Waals surface area (Å²) in [6, 6.07) is 13.7. The van der Waals surface area contributed by atoms with Crippen LogP contribution in [-0.4, -0.2) is 33.2 Å². The number of hydrogen-bond donors (Lipinski definition) is 3. The Bertz CT molecular complexity index is 1160. The molecule has 0 saturated heterocycles. The fraction of sp³-hybridized carbons (Fsp3) is 0.217. The number of anilines is 1. The van der Waals surface area contributed by atoms with E-state index in [4.69, 9.17) is 10.5 Å².